The van der Waals surface area contributed by atoms with E-state index in [9.17, 15) is 4.79 Å². The average Bonchev–Trinajstić information content (AvgIpc) is 2.58. The molecule has 0 radical (unpaired) electrons. The third-order valence-electron chi connectivity index (χ3n) is 4.86. The Hall–Kier alpha value is -2.43. The normalized spacial score (nSPS) is 15.3. The minimum atomic E-state index is -0.191. The van der Waals surface area contributed by atoms with Crippen LogP contribution in [0.25, 0.3) is 0 Å². The van der Waals surface area contributed by atoms with E-state index in [1.165, 1.54) is 5.56 Å². The van der Waals surface area contributed by atoms with Gasteiger partial charge in [0.05, 0.1) is 0 Å². The van der Waals surface area contributed by atoms with Gasteiger partial charge in [0.15, 0.2) is 0 Å². The minimum Gasteiger partial charge on any atom is -0.341 e. The number of benzene rings is 1. The van der Waals surface area contributed by atoms with Crippen LogP contribution in [0.5, 0.6) is 0 Å². The Labute approximate surface area is 149 Å². The number of carbonyl (C=O) groups excluding carboxylic acids is 1. The SMILES string of the molecule is Cc1cc(C)c(NC(=O)c2ccnc(N3CCC(C)CC3)n2)c(C)c1. The number of hydrogen-bond donors (Lipinski definition) is 1. The molecule has 0 saturated carbocycles. The predicted molar refractivity (Wildman–Crippen MR) is 101 cm³/mol. The van der Waals surface area contributed by atoms with Crippen LogP contribution in [0, 0.1) is 26.7 Å². The van der Waals surface area contributed by atoms with Crippen molar-refractivity contribution < 1.29 is 4.79 Å². The Balaban J connectivity index is 1.78. The summed E-state index contributed by atoms with van der Waals surface area (Å²) >= 11 is 0. The first kappa shape index (κ1) is 17.4. The van der Waals surface area contributed by atoms with Gasteiger partial charge in [-0.2, -0.15) is 0 Å². The first-order valence-electron chi connectivity index (χ1n) is 8.91. The van der Waals surface area contributed by atoms with Crippen molar-refractivity contribution >= 4 is 17.5 Å². The quantitative estimate of drug-likeness (QED) is 0.922. The Bertz CT molecular complexity index is 756. The van der Waals surface area contributed by atoms with E-state index in [1.54, 1.807) is 12.3 Å². The summed E-state index contributed by atoms with van der Waals surface area (Å²) in [7, 11) is 0. The number of rotatable bonds is 3. The van der Waals surface area contributed by atoms with Gasteiger partial charge in [0.25, 0.3) is 5.91 Å². The summed E-state index contributed by atoms with van der Waals surface area (Å²) in [5.41, 5.74) is 4.58. The van der Waals surface area contributed by atoms with Crippen molar-refractivity contribution in [3.05, 3.63) is 46.8 Å². The molecule has 1 amide bonds. The molecule has 25 heavy (non-hydrogen) atoms. The zero-order valence-corrected chi connectivity index (χ0v) is 15.5. The number of nitrogens with one attached hydrogen (secondary N) is 1. The van der Waals surface area contributed by atoms with Crippen molar-refractivity contribution in [3.8, 4) is 0 Å². The maximum Gasteiger partial charge on any atom is 0.274 e. The Morgan fingerprint density at radius 2 is 1.80 bits per heavy atom. The number of anilines is 2. The van der Waals surface area contributed by atoms with Crippen LogP contribution in [-0.2, 0) is 0 Å². The number of carbonyl (C=O) groups is 1. The summed E-state index contributed by atoms with van der Waals surface area (Å²) in [6.45, 7) is 10.2. The van der Waals surface area contributed by atoms with Crippen molar-refractivity contribution in [2.24, 2.45) is 5.92 Å². The second-order valence-corrected chi connectivity index (χ2v) is 7.14. The fourth-order valence-corrected chi connectivity index (χ4v) is 3.39. The van der Waals surface area contributed by atoms with E-state index < -0.39 is 0 Å². The Morgan fingerprint density at radius 3 is 2.44 bits per heavy atom. The molecule has 1 aliphatic heterocycles. The van der Waals surface area contributed by atoms with E-state index in [4.69, 9.17) is 0 Å². The lowest BCUT2D eigenvalue weighted by atomic mass is 10.00. The molecule has 0 bridgehead atoms. The topological polar surface area (TPSA) is 58.1 Å². The highest BCUT2D eigenvalue weighted by molar-refractivity contribution is 6.03. The number of aryl methyl sites for hydroxylation is 3. The van der Waals surface area contributed by atoms with Gasteiger partial charge in [-0.25, -0.2) is 9.97 Å². The molecule has 5 heteroatoms. The fourth-order valence-electron chi connectivity index (χ4n) is 3.39. The van der Waals surface area contributed by atoms with E-state index >= 15 is 0 Å². The summed E-state index contributed by atoms with van der Waals surface area (Å²) in [5.74, 6) is 1.20. The molecule has 1 aliphatic rings. The molecule has 132 valence electrons. The number of amides is 1. The molecule has 2 heterocycles. The Morgan fingerprint density at radius 1 is 1.16 bits per heavy atom. The largest absolute Gasteiger partial charge is 0.341 e. The first-order chi connectivity index (χ1) is 11.9. The molecule has 1 fully saturated rings. The van der Waals surface area contributed by atoms with Crippen molar-refractivity contribution in [2.45, 2.75) is 40.5 Å². The van der Waals surface area contributed by atoms with Crippen molar-refractivity contribution in [1.29, 1.82) is 0 Å². The molecule has 1 N–H and O–H groups in total. The average molecular weight is 338 g/mol. The van der Waals surface area contributed by atoms with Crippen molar-refractivity contribution in [3.63, 3.8) is 0 Å². The number of aromatic nitrogens is 2. The van der Waals surface area contributed by atoms with Gasteiger partial charge < -0.3 is 10.2 Å². The molecule has 0 atom stereocenters. The molecule has 2 aromatic rings. The summed E-state index contributed by atoms with van der Waals surface area (Å²) in [6.07, 6.45) is 3.95. The smallest absolute Gasteiger partial charge is 0.274 e. The van der Waals surface area contributed by atoms with Crippen LogP contribution < -0.4 is 10.2 Å². The third kappa shape index (κ3) is 3.98. The standard InChI is InChI=1S/C20H26N4O/c1-13-6-9-24(10-7-13)20-21-8-5-17(22-20)19(25)23-18-15(3)11-14(2)12-16(18)4/h5,8,11-13H,6-7,9-10H2,1-4H3,(H,23,25). The molecule has 1 saturated heterocycles. The molecule has 0 unspecified atom stereocenters. The Kier molecular flexibility index (Phi) is 5.02. The predicted octanol–water partition coefficient (Wildman–Crippen LogP) is 3.89. The van der Waals surface area contributed by atoms with Crippen LogP contribution >= 0.6 is 0 Å². The van der Waals surface area contributed by atoms with E-state index in [2.05, 4.69) is 46.2 Å². The summed E-state index contributed by atoms with van der Waals surface area (Å²) in [6, 6.07) is 5.82. The highest BCUT2D eigenvalue weighted by Crippen LogP contribution is 2.23. The van der Waals surface area contributed by atoms with Gasteiger partial charge in [0.1, 0.15) is 5.69 Å². The third-order valence-corrected chi connectivity index (χ3v) is 4.86. The highest BCUT2D eigenvalue weighted by atomic mass is 16.1. The van der Waals surface area contributed by atoms with E-state index in [-0.39, 0.29) is 5.91 Å². The maximum absolute atomic E-state index is 12.7. The lowest BCUT2D eigenvalue weighted by Gasteiger charge is -2.30. The van der Waals surface area contributed by atoms with Crippen LogP contribution in [0.4, 0.5) is 11.6 Å². The van der Waals surface area contributed by atoms with Crippen molar-refractivity contribution in [2.75, 3.05) is 23.3 Å². The van der Waals surface area contributed by atoms with Gasteiger partial charge in [-0.05, 0) is 56.7 Å². The van der Waals surface area contributed by atoms with Gasteiger partial charge in [-0.3, -0.25) is 4.79 Å². The number of piperidine rings is 1. The highest BCUT2D eigenvalue weighted by Gasteiger charge is 2.19. The van der Waals surface area contributed by atoms with Gasteiger partial charge in [0.2, 0.25) is 5.95 Å². The van der Waals surface area contributed by atoms with Gasteiger partial charge >= 0.3 is 0 Å². The molecule has 5 nitrogen and oxygen atoms in total. The zero-order valence-electron chi connectivity index (χ0n) is 15.5. The maximum atomic E-state index is 12.7. The summed E-state index contributed by atoms with van der Waals surface area (Å²) < 4.78 is 0. The fraction of sp³-hybridized carbons (Fsp3) is 0.450. The van der Waals surface area contributed by atoms with Crippen LogP contribution in [0.1, 0.15) is 46.9 Å². The molecular weight excluding hydrogens is 312 g/mol. The molecule has 1 aromatic carbocycles. The first-order valence-corrected chi connectivity index (χ1v) is 8.91. The monoisotopic (exact) mass is 338 g/mol. The zero-order chi connectivity index (χ0) is 18.0. The van der Waals surface area contributed by atoms with Gasteiger partial charge in [0, 0.05) is 25.0 Å². The van der Waals surface area contributed by atoms with Crippen LogP contribution in [0.15, 0.2) is 24.4 Å². The minimum absolute atomic E-state index is 0.191. The van der Waals surface area contributed by atoms with Crippen LogP contribution in [-0.4, -0.2) is 29.0 Å². The van der Waals surface area contributed by atoms with Crippen molar-refractivity contribution in [1.82, 2.24) is 9.97 Å². The van der Waals surface area contributed by atoms with E-state index in [1.807, 2.05) is 13.8 Å². The molecule has 3 rings (SSSR count). The second-order valence-electron chi connectivity index (χ2n) is 7.14. The lowest BCUT2D eigenvalue weighted by Crippen LogP contribution is -2.34. The van der Waals surface area contributed by atoms with Gasteiger partial charge in [-0.15, -0.1) is 0 Å². The summed E-state index contributed by atoms with van der Waals surface area (Å²) in [4.78, 5) is 23.7. The van der Waals surface area contributed by atoms with Gasteiger partial charge in [-0.1, -0.05) is 24.6 Å². The molecule has 0 aliphatic carbocycles. The van der Waals surface area contributed by atoms with E-state index in [0.29, 0.717) is 11.6 Å². The van der Waals surface area contributed by atoms with Crippen LogP contribution in [0.2, 0.25) is 0 Å². The molecular formula is C20H26N4O. The second kappa shape index (κ2) is 7.21. The molecule has 0 spiro atoms. The number of hydrogen-bond acceptors (Lipinski definition) is 4. The molecule has 1 aromatic heterocycles. The summed E-state index contributed by atoms with van der Waals surface area (Å²) in [5, 5.41) is 3.01. The van der Waals surface area contributed by atoms with E-state index in [0.717, 1.165) is 48.7 Å². The lowest BCUT2D eigenvalue weighted by molar-refractivity contribution is 0.102. The van der Waals surface area contributed by atoms with Crippen LogP contribution in [0.3, 0.4) is 0 Å². The number of nitrogens with zero attached hydrogens (tertiary/aromatic N) is 3.